The predicted molar refractivity (Wildman–Crippen MR) is 97.2 cm³/mol. The van der Waals surface area contributed by atoms with Crippen LogP contribution in [0.1, 0.15) is 16.1 Å². The van der Waals surface area contributed by atoms with Crippen molar-refractivity contribution in [1.82, 2.24) is 4.98 Å². The SMILES string of the molecule is Cc1ncsc1CNc1cccc(CS(=O)c2ccccc2)c1. The molecule has 3 nitrogen and oxygen atoms in total. The number of benzene rings is 2. The van der Waals surface area contributed by atoms with Gasteiger partial charge in [-0.25, -0.2) is 4.98 Å². The van der Waals surface area contributed by atoms with Crippen molar-refractivity contribution < 1.29 is 4.21 Å². The van der Waals surface area contributed by atoms with Crippen LogP contribution in [0.3, 0.4) is 0 Å². The number of thiazole rings is 1. The van der Waals surface area contributed by atoms with Gasteiger partial charge in [0.15, 0.2) is 0 Å². The summed E-state index contributed by atoms with van der Waals surface area (Å²) in [4.78, 5) is 6.36. The Morgan fingerprint density at radius 3 is 2.70 bits per heavy atom. The van der Waals surface area contributed by atoms with E-state index < -0.39 is 10.8 Å². The first-order valence-electron chi connectivity index (χ1n) is 7.37. The third-order valence-electron chi connectivity index (χ3n) is 3.53. The van der Waals surface area contributed by atoms with Gasteiger partial charge in [0.05, 0.1) is 34.3 Å². The molecule has 2 aromatic carbocycles. The van der Waals surface area contributed by atoms with Gasteiger partial charge in [-0.1, -0.05) is 30.3 Å². The molecular weight excluding hydrogens is 324 g/mol. The molecule has 1 aromatic heterocycles. The Kier molecular flexibility index (Phi) is 5.20. The van der Waals surface area contributed by atoms with Crippen LogP contribution in [-0.4, -0.2) is 9.19 Å². The Morgan fingerprint density at radius 2 is 1.96 bits per heavy atom. The van der Waals surface area contributed by atoms with E-state index in [-0.39, 0.29) is 0 Å². The average molecular weight is 342 g/mol. The van der Waals surface area contributed by atoms with Gasteiger partial charge in [-0.2, -0.15) is 0 Å². The molecule has 0 bridgehead atoms. The summed E-state index contributed by atoms with van der Waals surface area (Å²) < 4.78 is 12.4. The molecule has 1 atom stereocenters. The molecule has 0 saturated carbocycles. The number of aryl methyl sites for hydroxylation is 1. The molecule has 0 spiro atoms. The summed E-state index contributed by atoms with van der Waals surface area (Å²) in [5, 5.41) is 3.41. The standard InChI is InChI=1S/C18H18N2OS2/c1-14-18(22-13-20-14)11-19-16-7-5-6-15(10-16)12-23(21)17-8-3-2-4-9-17/h2-10,13,19H,11-12H2,1H3. The second-order valence-electron chi connectivity index (χ2n) is 5.22. The van der Waals surface area contributed by atoms with Crippen molar-refractivity contribution in [3.05, 3.63) is 76.2 Å². The molecule has 0 aliphatic carbocycles. The Bertz CT molecular complexity index is 800. The van der Waals surface area contributed by atoms with E-state index in [0.717, 1.165) is 28.4 Å². The quantitative estimate of drug-likeness (QED) is 0.723. The zero-order valence-corrected chi connectivity index (χ0v) is 14.5. The van der Waals surface area contributed by atoms with Crippen LogP contribution in [0.4, 0.5) is 5.69 Å². The van der Waals surface area contributed by atoms with Gasteiger partial charge in [0.25, 0.3) is 0 Å². The van der Waals surface area contributed by atoms with E-state index in [0.29, 0.717) is 5.75 Å². The Morgan fingerprint density at radius 1 is 1.13 bits per heavy atom. The highest BCUT2D eigenvalue weighted by Crippen LogP contribution is 2.18. The molecule has 0 saturated heterocycles. The molecule has 3 aromatic rings. The van der Waals surface area contributed by atoms with Crippen molar-refractivity contribution in [2.24, 2.45) is 0 Å². The maximum Gasteiger partial charge on any atom is 0.0798 e. The first-order chi connectivity index (χ1) is 11.2. The molecule has 1 N–H and O–H groups in total. The normalized spacial score (nSPS) is 12.0. The number of hydrogen-bond acceptors (Lipinski definition) is 4. The lowest BCUT2D eigenvalue weighted by Gasteiger charge is -2.08. The highest BCUT2D eigenvalue weighted by molar-refractivity contribution is 7.84. The van der Waals surface area contributed by atoms with Gasteiger partial charge in [0.1, 0.15) is 0 Å². The molecule has 23 heavy (non-hydrogen) atoms. The smallest absolute Gasteiger partial charge is 0.0798 e. The van der Waals surface area contributed by atoms with Crippen LogP contribution in [0, 0.1) is 6.92 Å². The minimum atomic E-state index is -1.02. The van der Waals surface area contributed by atoms with Gasteiger partial charge in [-0.15, -0.1) is 11.3 Å². The van der Waals surface area contributed by atoms with E-state index >= 15 is 0 Å². The van der Waals surface area contributed by atoms with Crippen molar-refractivity contribution in [3.63, 3.8) is 0 Å². The molecule has 118 valence electrons. The first-order valence-corrected chi connectivity index (χ1v) is 9.57. The van der Waals surface area contributed by atoms with Crippen LogP contribution in [0.25, 0.3) is 0 Å². The fraction of sp³-hybridized carbons (Fsp3) is 0.167. The van der Waals surface area contributed by atoms with Crippen LogP contribution in [-0.2, 0) is 23.1 Å². The molecule has 0 aliphatic heterocycles. The second-order valence-corrected chi connectivity index (χ2v) is 7.61. The highest BCUT2D eigenvalue weighted by atomic mass is 32.2. The molecule has 0 fully saturated rings. The lowest BCUT2D eigenvalue weighted by atomic mass is 10.2. The number of anilines is 1. The van der Waals surface area contributed by atoms with E-state index in [4.69, 9.17) is 0 Å². The number of hydrogen-bond donors (Lipinski definition) is 1. The number of nitrogens with one attached hydrogen (secondary N) is 1. The zero-order valence-electron chi connectivity index (χ0n) is 12.9. The van der Waals surface area contributed by atoms with Crippen molar-refractivity contribution in [3.8, 4) is 0 Å². The lowest BCUT2D eigenvalue weighted by molar-refractivity contribution is 0.682. The summed E-state index contributed by atoms with van der Waals surface area (Å²) in [6, 6.07) is 17.7. The topological polar surface area (TPSA) is 42.0 Å². The molecule has 0 aliphatic rings. The molecule has 1 unspecified atom stereocenters. The predicted octanol–water partition coefficient (Wildman–Crippen LogP) is 4.37. The van der Waals surface area contributed by atoms with E-state index in [2.05, 4.69) is 16.4 Å². The highest BCUT2D eigenvalue weighted by Gasteiger charge is 2.06. The summed E-state index contributed by atoms with van der Waals surface area (Å²) in [6.45, 7) is 2.79. The third-order valence-corrected chi connectivity index (χ3v) is 5.86. The Balaban J connectivity index is 1.65. The largest absolute Gasteiger partial charge is 0.380 e. The minimum Gasteiger partial charge on any atom is -0.380 e. The van der Waals surface area contributed by atoms with Gasteiger partial charge >= 0.3 is 0 Å². The van der Waals surface area contributed by atoms with Gasteiger partial charge in [0, 0.05) is 15.5 Å². The molecule has 5 heteroatoms. The third kappa shape index (κ3) is 4.27. The van der Waals surface area contributed by atoms with Gasteiger partial charge < -0.3 is 5.32 Å². The van der Waals surface area contributed by atoms with Crippen LogP contribution < -0.4 is 5.32 Å². The first kappa shape index (κ1) is 15.9. The summed E-state index contributed by atoms with van der Waals surface area (Å²) >= 11 is 1.66. The van der Waals surface area contributed by atoms with E-state index in [1.54, 1.807) is 11.3 Å². The van der Waals surface area contributed by atoms with Crippen molar-refractivity contribution in [1.29, 1.82) is 0 Å². The van der Waals surface area contributed by atoms with Crippen molar-refractivity contribution in [2.45, 2.75) is 24.1 Å². The van der Waals surface area contributed by atoms with E-state index in [1.165, 1.54) is 4.88 Å². The Hall–Kier alpha value is -1.98. The monoisotopic (exact) mass is 342 g/mol. The van der Waals surface area contributed by atoms with Gasteiger partial charge in [0.2, 0.25) is 0 Å². The van der Waals surface area contributed by atoms with Crippen molar-refractivity contribution in [2.75, 3.05) is 5.32 Å². The minimum absolute atomic E-state index is 0.527. The molecule has 0 radical (unpaired) electrons. The average Bonchev–Trinajstić information content (AvgIpc) is 2.99. The van der Waals surface area contributed by atoms with Crippen LogP contribution in [0.15, 0.2) is 65.0 Å². The van der Waals surface area contributed by atoms with Crippen molar-refractivity contribution >= 4 is 27.8 Å². The molecular formula is C18H18N2OS2. The molecule has 1 heterocycles. The lowest BCUT2D eigenvalue weighted by Crippen LogP contribution is -2.01. The number of nitrogens with zero attached hydrogens (tertiary/aromatic N) is 1. The van der Waals surface area contributed by atoms with Crippen LogP contribution in [0.5, 0.6) is 0 Å². The Labute approximate surface area is 142 Å². The summed E-state index contributed by atoms with van der Waals surface area (Å²) in [7, 11) is -1.02. The molecule has 0 amide bonds. The zero-order chi connectivity index (χ0) is 16.1. The summed E-state index contributed by atoms with van der Waals surface area (Å²) in [6.07, 6.45) is 0. The maximum absolute atomic E-state index is 12.4. The summed E-state index contributed by atoms with van der Waals surface area (Å²) in [5.74, 6) is 0.527. The van der Waals surface area contributed by atoms with Gasteiger partial charge in [-0.05, 0) is 36.8 Å². The number of aromatic nitrogens is 1. The van der Waals surface area contributed by atoms with E-state index in [1.807, 2.05) is 61.0 Å². The number of rotatable bonds is 6. The van der Waals surface area contributed by atoms with Crippen LogP contribution >= 0.6 is 11.3 Å². The second kappa shape index (κ2) is 7.53. The fourth-order valence-electron chi connectivity index (χ4n) is 2.26. The summed E-state index contributed by atoms with van der Waals surface area (Å²) in [5.41, 5.74) is 5.05. The van der Waals surface area contributed by atoms with Crippen LogP contribution in [0.2, 0.25) is 0 Å². The fourth-order valence-corrected chi connectivity index (χ4v) is 4.08. The van der Waals surface area contributed by atoms with E-state index in [9.17, 15) is 4.21 Å². The maximum atomic E-state index is 12.4. The molecule has 3 rings (SSSR count). The van der Waals surface area contributed by atoms with Gasteiger partial charge in [-0.3, -0.25) is 4.21 Å².